The van der Waals surface area contributed by atoms with Gasteiger partial charge in [0, 0.05) is 16.9 Å². The first-order chi connectivity index (χ1) is 12.9. The van der Waals surface area contributed by atoms with E-state index in [4.69, 9.17) is 4.42 Å². The molecular weight excluding hydrogens is 359 g/mol. The number of carbonyl (C=O) groups excluding carboxylic acids is 1. The van der Waals surface area contributed by atoms with E-state index in [1.807, 2.05) is 0 Å². The Bertz CT molecular complexity index is 963. The van der Waals surface area contributed by atoms with Gasteiger partial charge in [-0.25, -0.2) is 0 Å². The summed E-state index contributed by atoms with van der Waals surface area (Å²) in [6.45, 7) is 3.34. The molecule has 1 amide bonds. The normalized spacial score (nSPS) is 11.1. The monoisotopic (exact) mass is 373 g/mol. The number of oxazole rings is 1. The maximum atomic E-state index is 12.7. The zero-order valence-corrected chi connectivity index (χ0v) is 13.9. The first-order valence-corrected chi connectivity index (χ1v) is 7.79. The quantitative estimate of drug-likeness (QED) is 0.601. The van der Waals surface area contributed by atoms with Crippen LogP contribution in [-0.4, -0.2) is 10.9 Å². The maximum Gasteiger partial charge on any atom is 0.416 e. The summed E-state index contributed by atoms with van der Waals surface area (Å²) in [7, 11) is 0. The fourth-order valence-corrected chi connectivity index (χ4v) is 2.32. The van der Waals surface area contributed by atoms with Crippen molar-refractivity contribution in [3.63, 3.8) is 0 Å². The van der Waals surface area contributed by atoms with Gasteiger partial charge in [-0.15, -0.1) is 0 Å². The second kappa shape index (κ2) is 7.36. The highest BCUT2D eigenvalue weighted by Crippen LogP contribution is 2.33. The summed E-state index contributed by atoms with van der Waals surface area (Å²) in [5.74, 6) is -0.459. The zero-order chi connectivity index (χ0) is 19.4. The van der Waals surface area contributed by atoms with Crippen LogP contribution in [0.5, 0.6) is 0 Å². The number of benzene rings is 2. The highest BCUT2D eigenvalue weighted by atomic mass is 19.4. The van der Waals surface area contributed by atoms with Crippen LogP contribution in [0.25, 0.3) is 11.3 Å². The third-order valence-electron chi connectivity index (χ3n) is 3.61. The van der Waals surface area contributed by atoms with Gasteiger partial charge >= 0.3 is 12.2 Å². The van der Waals surface area contributed by atoms with Gasteiger partial charge in [0.25, 0.3) is 5.91 Å². The Labute approximate surface area is 152 Å². The number of para-hydroxylation sites is 1. The number of nitrogens with zero attached hydrogens (tertiary/aromatic N) is 1. The summed E-state index contributed by atoms with van der Waals surface area (Å²) in [5.41, 5.74) is 1.48. The summed E-state index contributed by atoms with van der Waals surface area (Å²) in [6, 6.07) is 11.8. The van der Waals surface area contributed by atoms with Crippen LogP contribution in [0, 0.1) is 0 Å². The number of hydrogen-bond donors (Lipinski definition) is 2. The molecule has 0 aliphatic carbocycles. The fourth-order valence-electron chi connectivity index (χ4n) is 2.32. The topological polar surface area (TPSA) is 67.2 Å². The summed E-state index contributed by atoms with van der Waals surface area (Å²) < 4.78 is 43.2. The highest BCUT2D eigenvalue weighted by Gasteiger charge is 2.29. The van der Waals surface area contributed by atoms with Gasteiger partial charge in [-0.05, 0) is 36.4 Å². The van der Waals surface area contributed by atoms with E-state index in [-0.39, 0.29) is 6.01 Å². The van der Waals surface area contributed by atoms with Gasteiger partial charge in [0.15, 0.2) is 0 Å². The van der Waals surface area contributed by atoms with Crippen LogP contribution in [0.4, 0.5) is 30.6 Å². The molecule has 2 aromatic carbocycles. The van der Waals surface area contributed by atoms with Crippen molar-refractivity contribution in [1.29, 1.82) is 0 Å². The van der Waals surface area contributed by atoms with Gasteiger partial charge in [0.1, 0.15) is 12.0 Å². The largest absolute Gasteiger partial charge is 0.431 e. The molecule has 0 fully saturated rings. The third-order valence-corrected chi connectivity index (χ3v) is 3.61. The Balaban J connectivity index is 1.84. The lowest BCUT2D eigenvalue weighted by Crippen LogP contribution is -2.07. The second-order valence-corrected chi connectivity index (χ2v) is 5.48. The Morgan fingerprint density at radius 3 is 2.48 bits per heavy atom. The lowest BCUT2D eigenvalue weighted by atomic mass is 10.1. The van der Waals surface area contributed by atoms with Crippen molar-refractivity contribution in [3.05, 3.63) is 73.0 Å². The first-order valence-electron chi connectivity index (χ1n) is 7.79. The Morgan fingerprint density at radius 2 is 1.81 bits per heavy atom. The molecule has 0 spiro atoms. The van der Waals surface area contributed by atoms with Crippen molar-refractivity contribution in [3.8, 4) is 11.3 Å². The molecular formula is C19H14F3N3O2. The van der Waals surface area contributed by atoms with E-state index in [0.29, 0.717) is 22.6 Å². The molecule has 2 N–H and O–H groups in total. The fraction of sp³-hybridized carbons (Fsp3) is 0.0526. The van der Waals surface area contributed by atoms with Gasteiger partial charge in [-0.3, -0.25) is 10.1 Å². The highest BCUT2D eigenvalue weighted by molar-refractivity contribution is 5.97. The SMILES string of the molecule is C=CC(=O)Nc1nc(-c2ccccc2Nc2ccc(C(F)(F)F)cc2)co1. The minimum atomic E-state index is -4.39. The Kier molecular flexibility index (Phi) is 4.98. The summed E-state index contributed by atoms with van der Waals surface area (Å²) in [5, 5.41) is 5.47. The van der Waals surface area contributed by atoms with E-state index in [9.17, 15) is 18.0 Å². The number of alkyl halides is 3. The van der Waals surface area contributed by atoms with Crippen LogP contribution >= 0.6 is 0 Å². The minimum Gasteiger partial charge on any atom is -0.431 e. The predicted octanol–water partition coefficient (Wildman–Crippen LogP) is 5.23. The van der Waals surface area contributed by atoms with E-state index in [1.54, 1.807) is 24.3 Å². The van der Waals surface area contributed by atoms with E-state index in [0.717, 1.165) is 18.2 Å². The predicted molar refractivity (Wildman–Crippen MR) is 95.5 cm³/mol. The lowest BCUT2D eigenvalue weighted by molar-refractivity contribution is -0.137. The maximum absolute atomic E-state index is 12.7. The number of nitrogens with one attached hydrogen (secondary N) is 2. The summed E-state index contributed by atoms with van der Waals surface area (Å²) in [4.78, 5) is 15.5. The van der Waals surface area contributed by atoms with E-state index in [1.165, 1.54) is 18.4 Å². The molecule has 0 aliphatic heterocycles. The Morgan fingerprint density at radius 1 is 1.11 bits per heavy atom. The number of carbonyl (C=O) groups is 1. The van der Waals surface area contributed by atoms with E-state index in [2.05, 4.69) is 22.2 Å². The molecule has 1 heterocycles. The number of amides is 1. The molecule has 0 saturated heterocycles. The van der Waals surface area contributed by atoms with E-state index < -0.39 is 17.6 Å². The van der Waals surface area contributed by atoms with Crippen molar-refractivity contribution < 1.29 is 22.4 Å². The zero-order valence-electron chi connectivity index (χ0n) is 13.9. The smallest absolute Gasteiger partial charge is 0.416 e. The number of halogens is 3. The van der Waals surface area contributed by atoms with Crippen molar-refractivity contribution in [2.24, 2.45) is 0 Å². The van der Waals surface area contributed by atoms with Crippen molar-refractivity contribution >= 4 is 23.3 Å². The van der Waals surface area contributed by atoms with Crippen molar-refractivity contribution in [2.75, 3.05) is 10.6 Å². The van der Waals surface area contributed by atoms with E-state index >= 15 is 0 Å². The number of hydrogen-bond acceptors (Lipinski definition) is 4. The summed E-state index contributed by atoms with van der Waals surface area (Å²) in [6.07, 6.45) is -1.93. The van der Waals surface area contributed by atoms with Gasteiger partial charge in [0.05, 0.1) is 5.56 Å². The van der Waals surface area contributed by atoms with Crippen LogP contribution in [0.2, 0.25) is 0 Å². The van der Waals surface area contributed by atoms with Crippen LogP contribution in [0.1, 0.15) is 5.56 Å². The molecule has 138 valence electrons. The van der Waals surface area contributed by atoms with Crippen LogP contribution in [0.3, 0.4) is 0 Å². The van der Waals surface area contributed by atoms with Crippen molar-refractivity contribution in [1.82, 2.24) is 4.98 Å². The molecule has 0 radical (unpaired) electrons. The lowest BCUT2D eigenvalue weighted by Gasteiger charge is -2.12. The molecule has 27 heavy (non-hydrogen) atoms. The molecule has 0 saturated carbocycles. The standard InChI is InChI=1S/C19H14F3N3O2/c1-2-17(26)25-18-24-16(11-27-18)14-5-3-4-6-15(14)23-13-9-7-12(8-10-13)19(20,21)22/h2-11,23H,1H2,(H,24,25,26). The molecule has 0 unspecified atom stereocenters. The second-order valence-electron chi connectivity index (χ2n) is 5.48. The van der Waals surface area contributed by atoms with Crippen LogP contribution < -0.4 is 10.6 Å². The van der Waals surface area contributed by atoms with Crippen LogP contribution in [0.15, 0.2) is 71.9 Å². The molecule has 3 aromatic rings. The minimum absolute atomic E-state index is 0.0132. The van der Waals surface area contributed by atoms with Gasteiger partial charge in [-0.2, -0.15) is 18.2 Å². The Hall–Kier alpha value is -3.55. The van der Waals surface area contributed by atoms with Gasteiger partial charge in [0.2, 0.25) is 0 Å². The van der Waals surface area contributed by atoms with Gasteiger partial charge < -0.3 is 9.73 Å². The average Bonchev–Trinajstić information content (AvgIpc) is 3.10. The number of anilines is 3. The molecule has 8 heteroatoms. The van der Waals surface area contributed by atoms with Crippen molar-refractivity contribution in [2.45, 2.75) is 6.18 Å². The average molecular weight is 373 g/mol. The van der Waals surface area contributed by atoms with Gasteiger partial charge in [-0.1, -0.05) is 24.8 Å². The molecule has 5 nitrogen and oxygen atoms in total. The molecule has 1 aromatic heterocycles. The first kappa shape index (κ1) is 18.2. The molecule has 0 bridgehead atoms. The third kappa shape index (κ3) is 4.35. The summed E-state index contributed by atoms with van der Waals surface area (Å²) >= 11 is 0. The molecule has 0 aliphatic rings. The molecule has 3 rings (SSSR count). The molecule has 0 atom stereocenters. The number of aromatic nitrogens is 1. The van der Waals surface area contributed by atoms with Crippen LogP contribution in [-0.2, 0) is 11.0 Å². The number of rotatable bonds is 5.